The van der Waals surface area contributed by atoms with Crippen molar-refractivity contribution in [3.8, 4) is 5.75 Å². The van der Waals surface area contributed by atoms with Crippen LogP contribution in [0.3, 0.4) is 0 Å². The Morgan fingerprint density at radius 3 is 2.86 bits per heavy atom. The molecule has 22 heavy (non-hydrogen) atoms. The number of pyridine rings is 2. The number of piperidine rings is 1. The monoisotopic (exact) mass is 297 g/mol. The standard InChI is InChI=1S/C17H19N3O2/c21-17(11-14-3-1-7-19-12-14)20-10-2-4-16(13-20)22-15-5-8-18-9-6-15/h1,3,5-9,12,16H,2,4,10-11,13H2. The molecule has 1 atom stereocenters. The molecule has 1 aliphatic heterocycles. The van der Waals surface area contributed by atoms with Crippen molar-refractivity contribution in [2.45, 2.75) is 25.4 Å². The van der Waals surface area contributed by atoms with E-state index in [1.807, 2.05) is 29.2 Å². The van der Waals surface area contributed by atoms with E-state index in [9.17, 15) is 4.79 Å². The molecule has 0 bridgehead atoms. The summed E-state index contributed by atoms with van der Waals surface area (Å²) >= 11 is 0. The molecule has 5 nitrogen and oxygen atoms in total. The normalized spacial score (nSPS) is 18.0. The van der Waals surface area contributed by atoms with E-state index in [1.54, 1.807) is 24.8 Å². The molecule has 5 heteroatoms. The maximum absolute atomic E-state index is 12.4. The molecule has 1 fully saturated rings. The fraction of sp³-hybridized carbons (Fsp3) is 0.353. The SMILES string of the molecule is O=C(Cc1cccnc1)N1CCCC(Oc2ccncc2)C1. The fourth-order valence-electron chi connectivity index (χ4n) is 2.66. The number of amides is 1. The number of nitrogens with zero attached hydrogens (tertiary/aromatic N) is 3. The van der Waals surface area contributed by atoms with Gasteiger partial charge in [0.2, 0.25) is 5.91 Å². The van der Waals surface area contributed by atoms with E-state index in [2.05, 4.69) is 9.97 Å². The Morgan fingerprint density at radius 1 is 1.23 bits per heavy atom. The number of carbonyl (C=O) groups is 1. The average molecular weight is 297 g/mol. The summed E-state index contributed by atoms with van der Waals surface area (Å²) in [6.45, 7) is 1.44. The highest BCUT2D eigenvalue weighted by atomic mass is 16.5. The van der Waals surface area contributed by atoms with Crippen molar-refractivity contribution in [3.05, 3.63) is 54.6 Å². The third-order valence-electron chi connectivity index (χ3n) is 3.76. The number of hydrogen-bond acceptors (Lipinski definition) is 4. The molecule has 1 unspecified atom stereocenters. The lowest BCUT2D eigenvalue weighted by Crippen LogP contribution is -2.45. The summed E-state index contributed by atoms with van der Waals surface area (Å²) in [4.78, 5) is 22.3. The van der Waals surface area contributed by atoms with Gasteiger partial charge in [-0.25, -0.2) is 0 Å². The molecule has 3 heterocycles. The van der Waals surface area contributed by atoms with Crippen molar-refractivity contribution >= 4 is 5.91 Å². The summed E-state index contributed by atoms with van der Waals surface area (Å²) in [5, 5.41) is 0. The second-order valence-corrected chi connectivity index (χ2v) is 5.44. The van der Waals surface area contributed by atoms with Crippen LogP contribution >= 0.6 is 0 Å². The lowest BCUT2D eigenvalue weighted by molar-refractivity contribution is -0.133. The van der Waals surface area contributed by atoms with Crippen molar-refractivity contribution in [3.63, 3.8) is 0 Å². The molecular formula is C17H19N3O2. The second-order valence-electron chi connectivity index (χ2n) is 5.44. The maximum Gasteiger partial charge on any atom is 0.227 e. The van der Waals surface area contributed by atoms with Crippen LogP contribution in [0.2, 0.25) is 0 Å². The third kappa shape index (κ3) is 3.81. The van der Waals surface area contributed by atoms with Crippen LogP contribution in [0.25, 0.3) is 0 Å². The summed E-state index contributed by atoms with van der Waals surface area (Å²) in [7, 11) is 0. The van der Waals surface area contributed by atoms with Crippen LogP contribution < -0.4 is 4.74 Å². The molecule has 0 saturated carbocycles. The summed E-state index contributed by atoms with van der Waals surface area (Å²) in [6, 6.07) is 7.47. The summed E-state index contributed by atoms with van der Waals surface area (Å²) in [5.41, 5.74) is 0.949. The first kappa shape index (κ1) is 14.5. The first-order chi connectivity index (χ1) is 10.8. The van der Waals surface area contributed by atoms with Gasteiger partial charge in [0.05, 0.1) is 13.0 Å². The first-order valence-electron chi connectivity index (χ1n) is 7.54. The van der Waals surface area contributed by atoms with E-state index < -0.39 is 0 Å². The zero-order chi connectivity index (χ0) is 15.2. The Kier molecular flexibility index (Phi) is 4.63. The van der Waals surface area contributed by atoms with Crippen LogP contribution in [-0.2, 0) is 11.2 Å². The Bertz CT molecular complexity index is 604. The van der Waals surface area contributed by atoms with Gasteiger partial charge in [-0.05, 0) is 36.6 Å². The van der Waals surface area contributed by atoms with Gasteiger partial charge in [-0.2, -0.15) is 0 Å². The lowest BCUT2D eigenvalue weighted by atomic mass is 10.1. The number of hydrogen-bond donors (Lipinski definition) is 0. The Morgan fingerprint density at radius 2 is 2.09 bits per heavy atom. The molecule has 2 aromatic heterocycles. The van der Waals surface area contributed by atoms with Crippen molar-refractivity contribution in [1.82, 2.24) is 14.9 Å². The summed E-state index contributed by atoms with van der Waals surface area (Å²) in [6.07, 6.45) is 9.27. The molecule has 3 rings (SSSR count). The third-order valence-corrected chi connectivity index (χ3v) is 3.76. The van der Waals surface area contributed by atoms with Gasteiger partial charge in [0, 0.05) is 31.3 Å². The number of likely N-dealkylation sites (tertiary alicyclic amines) is 1. The predicted molar refractivity (Wildman–Crippen MR) is 82.4 cm³/mol. The quantitative estimate of drug-likeness (QED) is 0.867. The molecule has 1 aliphatic rings. The molecule has 0 spiro atoms. The number of carbonyl (C=O) groups excluding carboxylic acids is 1. The Balaban J connectivity index is 1.57. The van der Waals surface area contributed by atoms with E-state index in [-0.39, 0.29) is 12.0 Å². The van der Waals surface area contributed by atoms with Crippen LogP contribution in [-0.4, -0.2) is 40.0 Å². The lowest BCUT2D eigenvalue weighted by Gasteiger charge is -2.33. The molecule has 1 saturated heterocycles. The second kappa shape index (κ2) is 7.02. The predicted octanol–water partition coefficient (Wildman–Crippen LogP) is 2.09. The van der Waals surface area contributed by atoms with Crippen LogP contribution in [0.5, 0.6) is 5.75 Å². The van der Waals surface area contributed by atoms with Crippen molar-refractivity contribution in [1.29, 1.82) is 0 Å². The van der Waals surface area contributed by atoms with E-state index in [0.29, 0.717) is 13.0 Å². The van der Waals surface area contributed by atoms with Gasteiger partial charge in [-0.1, -0.05) is 6.07 Å². The summed E-state index contributed by atoms with van der Waals surface area (Å²) < 4.78 is 5.94. The van der Waals surface area contributed by atoms with Crippen molar-refractivity contribution < 1.29 is 9.53 Å². The van der Waals surface area contributed by atoms with Gasteiger partial charge in [0.15, 0.2) is 0 Å². The molecular weight excluding hydrogens is 278 g/mol. The average Bonchev–Trinajstić information content (AvgIpc) is 2.57. The number of ether oxygens (including phenoxy) is 1. The van der Waals surface area contributed by atoms with Crippen LogP contribution in [0.4, 0.5) is 0 Å². The Labute approximate surface area is 130 Å². The fourth-order valence-corrected chi connectivity index (χ4v) is 2.66. The van der Waals surface area contributed by atoms with Gasteiger partial charge >= 0.3 is 0 Å². The van der Waals surface area contributed by atoms with Crippen LogP contribution in [0.1, 0.15) is 18.4 Å². The smallest absolute Gasteiger partial charge is 0.227 e. The van der Waals surface area contributed by atoms with Crippen LogP contribution in [0, 0.1) is 0 Å². The molecule has 1 amide bonds. The van der Waals surface area contributed by atoms with E-state index in [0.717, 1.165) is 30.7 Å². The zero-order valence-electron chi connectivity index (χ0n) is 12.4. The number of rotatable bonds is 4. The molecule has 114 valence electrons. The van der Waals surface area contributed by atoms with E-state index >= 15 is 0 Å². The largest absolute Gasteiger partial charge is 0.488 e. The topological polar surface area (TPSA) is 55.3 Å². The first-order valence-corrected chi connectivity index (χ1v) is 7.54. The molecule has 0 radical (unpaired) electrons. The molecule has 0 aromatic carbocycles. The number of aromatic nitrogens is 2. The zero-order valence-corrected chi connectivity index (χ0v) is 12.4. The van der Waals surface area contributed by atoms with E-state index in [4.69, 9.17) is 4.74 Å². The van der Waals surface area contributed by atoms with Crippen LogP contribution in [0.15, 0.2) is 49.1 Å². The Hall–Kier alpha value is -2.43. The van der Waals surface area contributed by atoms with Gasteiger partial charge in [-0.15, -0.1) is 0 Å². The van der Waals surface area contributed by atoms with Gasteiger partial charge in [0.25, 0.3) is 0 Å². The van der Waals surface area contributed by atoms with Gasteiger partial charge < -0.3 is 9.64 Å². The highest BCUT2D eigenvalue weighted by molar-refractivity contribution is 5.78. The minimum atomic E-state index is 0.0500. The van der Waals surface area contributed by atoms with E-state index in [1.165, 1.54) is 0 Å². The summed E-state index contributed by atoms with van der Waals surface area (Å²) in [5.74, 6) is 0.942. The molecule has 0 aliphatic carbocycles. The molecule has 2 aromatic rings. The van der Waals surface area contributed by atoms with Crippen molar-refractivity contribution in [2.24, 2.45) is 0 Å². The van der Waals surface area contributed by atoms with Gasteiger partial charge in [-0.3, -0.25) is 14.8 Å². The maximum atomic E-state index is 12.4. The highest BCUT2D eigenvalue weighted by Gasteiger charge is 2.24. The minimum absolute atomic E-state index is 0.0500. The van der Waals surface area contributed by atoms with Crippen molar-refractivity contribution in [2.75, 3.05) is 13.1 Å². The van der Waals surface area contributed by atoms with Gasteiger partial charge in [0.1, 0.15) is 11.9 Å². The minimum Gasteiger partial charge on any atom is -0.488 e. The molecule has 0 N–H and O–H groups in total. The highest BCUT2D eigenvalue weighted by Crippen LogP contribution is 2.18.